The van der Waals surface area contributed by atoms with Crippen LogP contribution in [0.15, 0.2) is 21.3 Å². The fraction of sp³-hybridized carbons (Fsp3) is 0.591. The number of nitrogens with zero attached hydrogens (tertiary/aromatic N) is 2. The molecule has 0 amide bonds. The molecule has 0 atom stereocenters. The molecule has 0 N–H and O–H groups in total. The third-order valence-corrected chi connectivity index (χ3v) is 6.29. The molecule has 1 aromatic carbocycles. The van der Waals surface area contributed by atoms with Crippen LogP contribution in [0.5, 0.6) is 11.5 Å². The zero-order valence-electron chi connectivity index (χ0n) is 17.1. The van der Waals surface area contributed by atoms with Crippen molar-refractivity contribution in [3.8, 4) is 11.5 Å². The fourth-order valence-corrected chi connectivity index (χ4v) is 4.41. The number of ether oxygens (including phenoxy) is 2. The van der Waals surface area contributed by atoms with Gasteiger partial charge in [0, 0.05) is 37.6 Å². The van der Waals surface area contributed by atoms with E-state index < -0.39 is 0 Å². The van der Waals surface area contributed by atoms with Crippen LogP contribution < -0.4 is 15.1 Å². The summed E-state index contributed by atoms with van der Waals surface area (Å²) in [7, 11) is 3.21. The van der Waals surface area contributed by atoms with Crippen LogP contribution in [0.25, 0.3) is 11.0 Å². The topological polar surface area (TPSA) is 55.2 Å². The van der Waals surface area contributed by atoms with Crippen LogP contribution in [0.1, 0.15) is 30.9 Å². The molecule has 0 saturated carbocycles. The highest BCUT2D eigenvalue weighted by Crippen LogP contribution is 2.35. The minimum absolute atomic E-state index is 0.230. The molecule has 0 radical (unpaired) electrons. The Morgan fingerprint density at radius 3 is 2.39 bits per heavy atom. The molecule has 6 heteroatoms. The van der Waals surface area contributed by atoms with Gasteiger partial charge in [-0.3, -0.25) is 4.90 Å². The highest BCUT2D eigenvalue weighted by Gasteiger charge is 2.24. The Balaban J connectivity index is 1.53. The van der Waals surface area contributed by atoms with Gasteiger partial charge in [-0.1, -0.05) is 6.92 Å². The molecule has 28 heavy (non-hydrogen) atoms. The second-order valence-corrected chi connectivity index (χ2v) is 8.10. The van der Waals surface area contributed by atoms with Crippen molar-refractivity contribution in [1.82, 2.24) is 9.80 Å². The molecule has 4 rings (SSSR count). The van der Waals surface area contributed by atoms with Crippen LogP contribution in [-0.2, 0) is 13.0 Å². The monoisotopic (exact) mass is 386 g/mol. The number of fused-ring (bicyclic) bond motifs is 3. The minimum atomic E-state index is -0.230. The third kappa shape index (κ3) is 3.76. The average Bonchev–Trinajstić information content (AvgIpc) is 2.72. The lowest BCUT2D eigenvalue weighted by atomic mass is 9.97. The van der Waals surface area contributed by atoms with Gasteiger partial charge in [-0.25, -0.2) is 4.79 Å². The van der Waals surface area contributed by atoms with E-state index in [2.05, 4.69) is 16.7 Å². The van der Waals surface area contributed by atoms with Crippen LogP contribution in [0.3, 0.4) is 0 Å². The van der Waals surface area contributed by atoms with E-state index in [-0.39, 0.29) is 5.63 Å². The van der Waals surface area contributed by atoms with Crippen LogP contribution in [0.4, 0.5) is 0 Å². The van der Waals surface area contributed by atoms with Gasteiger partial charge in [0.2, 0.25) is 0 Å². The Kier molecular flexibility index (Phi) is 5.60. The van der Waals surface area contributed by atoms with Gasteiger partial charge in [-0.15, -0.1) is 0 Å². The van der Waals surface area contributed by atoms with E-state index in [0.29, 0.717) is 23.6 Å². The van der Waals surface area contributed by atoms with Gasteiger partial charge in [0.05, 0.1) is 19.8 Å². The summed E-state index contributed by atoms with van der Waals surface area (Å²) in [6, 6.07) is 3.68. The summed E-state index contributed by atoms with van der Waals surface area (Å²) < 4.78 is 16.4. The largest absolute Gasteiger partial charge is 0.493 e. The summed E-state index contributed by atoms with van der Waals surface area (Å²) in [5.41, 5.74) is 2.22. The Hall–Kier alpha value is -2.05. The summed E-state index contributed by atoms with van der Waals surface area (Å²) in [6.07, 6.45) is 3.44. The molecule has 0 aliphatic carbocycles. The molecule has 2 aliphatic rings. The minimum Gasteiger partial charge on any atom is -0.493 e. The summed E-state index contributed by atoms with van der Waals surface area (Å²) in [4.78, 5) is 17.6. The van der Waals surface area contributed by atoms with Crippen molar-refractivity contribution in [2.75, 3.05) is 46.9 Å². The first-order valence-corrected chi connectivity index (χ1v) is 10.2. The lowest BCUT2D eigenvalue weighted by Gasteiger charge is -2.34. The molecule has 1 fully saturated rings. The zero-order chi connectivity index (χ0) is 19.7. The maximum atomic E-state index is 12.6. The van der Waals surface area contributed by atoms with Crippen LogP contribution in [0, 0.1) is 5.92 Å². The molecular weight excluding hydrogens is 356 g/mol. The number of hydrogen-bond donors (Lipinski definition) is 0. The lowest BCUT2D eigenvalue weighted by molar-refractivity contribution is 0.154. The fourth-order valence-electron chi connectivity index (χ4n) is 4.41. The maximum Gasteiger partial charge on any atom is 0.341 e. The van der Waals surface area contributed by atoms with Crippen LogP contribution in [-0.4, -0.2) is 56.7 Å². The van der Waals surface area contributed by atoms with E-state index in [0.717, 1.165) is 48.5 Å². The number of benzene rings is 1. The van der Waals surface area contributed by atoms with Gasteiger partial charge in [0.25, 0.3) is 0 Å². The smallest absolute Gasteiger partial charge is 0.341 e. The first-order valence-electron chi connectivity index (χ1n) is 10.2. The van der Waals surface area contributed by atoms with E-state index >= 15 is 0 Å². The van der Waals surface area contributed by atoms with Crippen molar-refractivity contribution in [1.29, 1.82) is 0 Å². The Bertz CT molecular complexity index is 900. The zero-order valence-corrected chi connectivity index (χ0v) is 17.1. The highest BCUT2D eigenvalue weighted by molar-refractivity contribution is 5.85. The van der Waals surface area contributed by atoms with Crippen LogP contribution >= 0.6 is 0 Å². The first kappa shape index (κ1) is 19.3. The Morgan fingerprint density at radius 2 is 1.68 bits per heavy atom. The van der Waals surface area contributed by atoms with E-state index in [1.807, 2.05) is 6.07 Å². The van der Waals surface area contributed by atoms with Gasteiger partial charge in [-0.05, 0) is 49.9 Å². The second-order valence-electron chi connectivity index (χ2n) is 8.10. The second kappa shape index (κ2) is 8.13. The van der Waals surface area contributed by atoms with Crippen LogP contribution in [0.2, 0.25) is 0 Å². The number of rotatable bonds is 5. The number of methoxy groups -OCH3 is 2. The molecule has 2 aromatic rings. The summed E-state index contributed by atoms with van der Waals surface area (Å²) in [6.45, 7) is 8.42. The van der Waals surface area contributed by atoms with Gasteiger partial charge in [-0.2, -0.15) is 0 Å². The summed E-state index contributed by atoms with van der Waals surface area (Å²) >= 11 is 0. The number of hydrogen-bond acceptors (Lipinski definition) is 6. The normalized spacial score (nSPS) is 19.0. The standard InChI is InChI=1S/C22H30N2O4/c1-15-4-7-23(8-5-15)10-11-24-9-6-16-17-12-20(26-2)21(27-3)13-19(17)28-22(25)18(16)14-24/h12-13,15H,4-11,14H2,1-3H3. The molecule has 6 nitrogen and oxygen atoms in total. The van der Waals surface area contributed by atoms with Crippen molar-refractivity contribution in [3.63, 3.8) is 0 Å². The van der Waals surface area contributed by atoms with Gasteiger partial charge in [0.15, 0.2) is 11.5 Å². The van der Waals surface area contributed by atoms with Crippen molar-refractivity contribution < 1.29 is 13.9 Å². The van der Waals surface area contributed by atoms with E-state index in [9.17, 15) is 4.79 Å². The van der Waals surface area contributed by atoms with Gasteiger partial charge >= 0.3 is 5.63 Å². The first-order chi connectivity index (χ1) is 13.6. The molecule has 2 aliphatic heterocycles. The summed E-state index contributed by atoms with van der Waals surface area (Å²) in [5, 5.41) is 0.955. The molecule has 1 saturated heterocycles. The average molecular weight is 386 g/mol. The van der Waals surface area contributed by atoms with Crippen molar-refractivity contribution >= 4 is 11.0 Å². The molecule has 0 spiro atoms. The maximum absolute atomic E-state index is 12.6. The summed E-state index contributed by atoms with van der Waals surface area (Å²) in [5.74, 6) is 2.09. The van der Waals surface area contributed by atoms with Crippen molar-refractivity contribution in [3.05, 3.63) is 33.7 Å². The predicted octanol–water partition coefficient (Wildman–Crippen LogP) is 2.90. The molecule has 0 bridgehead atoms. The molecular formula is C22H30N2O4. The quantitative estimate of drug-likeness (QED) is 0.737. The number of likely N-dealkylation sites (tertiary alicyclic amines) is 1. The van der Waals surface area contributed by atoms with E-state index in [4.69, 9.17) is 13.9 Å². The van der Waals surface area contributed by atoms with E-state index in [1.54, 1.807) is 20.3 Å². The SMILES string of the molecule is COc1cc2oc(=O)c3c(c2cc1OC)CCN(CCN1CCC(C)CC1)C3. The third-order valence-electron chi connectivity index (χ3n) is 6.29. The van der Waals surface area contributed by atoms with Gasteiger partial charge < -0.3 is 18.8 Å². The number of piperidine rings is 1. The van der Waals surface area contributed by atoms with Crippen molar-refractivity contribution in [2.24, 2.45) is 5.92 Å². The molecule has 152 valence electrons. The molecule has 0 unspecified atom stereocenters. The van der Waals surface area contributed by atoms with Crippen molar-refractivity contribution in [2.45, 2.75) is 32.7 Å². The molecule has 1 aromatic heterocycles. The van der Waals surface area contributed by atoms with E-state index in [1.165, 1.54) is 25.9 Å². The predicted molar refractivity (Wildman–Crippen MR) is 109 cm³/mol. The highest BCUT2D eigenvalue weighted by atomic mass is 16.5. The Labute approximate surface area is 166 Å². The Morgan fingerprint density at radius 1 is 1.00 bits per heavy atom. The van der Waals surface area contributed by atoms with Gasteiger partial charge in [0.1, 0.15) is 5.58 Å². The molecule has 3 heterocycles. The lowest BCUT2D eigenvalue weighted by Crippen LogP contribution is -2.41.